The van der Waals surface area contributed by atoms with Crippen molar-refractivity contribution in [1.29, 1.82) is 0 Å². The fourth-order valence-electron chi connectivity index (χ4n) is 5.69. The summed E-state index contributed by atoms with van der Waals surface area (Å²) in [5, 5.41) is 0.467. The number of ketones is 2. The number of rotatable bonds is 4. The Morgan fingerprint density at radius 3 is 2.03 bits per heavy atom. The van der Waals surface area contributed by atoms with Crippen LogP contribution in [0.1, 0.15) is 32.4 Å². The molecule has 2 aliphatic heterocycles. The van der Waals surface area contributed by atoms with E-state index in [-0.39, 0.29) is 16.8 Å². The van der Waals surface area contributed by atoms with Gasteiger partial charge in [0.05, 0.1) is 37.8 Å². The number of benzene rings is 3. The Morgan fingerprint density at radius 2 is 1.43 bits per heavy atom. The summed E-state index contributed by atoms with van der Waals surface area (Å²) >= 11 is 6.07. The molecule has 0 unspecified atom stereocenters. The lowest BCUT2D eigenvalue weighted by molar-refractivity contribution is -0.127. The molecule has 3 aromatic rings. The van der Waals surface area contributed by atoms with E-state index in [1.807, 2.05) is 0 Å². The third-order valence-corrected chi connectivity index (χ3v) is 7.59. The zero-order valence-electron chi connectivity index (χ0n) is 19.8. The van der Waals surface area contributed by atoms with Gasteiger partial charge >= 0.3 is 0 Å². The van der Waals surface area contributed by atoms with Gasteiger partial charge in [0, 0.05) is 22.2 Å². The van der Waals surface area contributed by atoms with E-state index in [0.717, 1.165) is 4.90 Å². The number of ether oxygens (including phenoxy) is 3. The van der Waals surface area contributed by atoms with Crippen LogP contribution in [0.5, 0.6) is 11.5 Å². The predicted octanol–water partition coefficient (Wildman–Crippen LogP) is 4.05. The van der Waals surface area contributed by atoms with Crippen LogP contribution in [0.2, 0.25) is 5.02 Å². The highest BCUT2D eigenvalue weighted by Gasteiger charge is 2.74. The molecule has 0 N–H and O–H groups in total. The number of amides is 2. The van der Waals surface area contributed by atoms with Crippen LogP contribution in [0.3, 0.4) is 0 Å². The minimum atomic E-state index is -2.14. The van der Waals surface area contributed by atoms with Crippen LogP contribution >= 0.6 is 11.6 Å². The van der Waals surface area contributed by atoms with Gasteiger partial charge in [0.1, 0.15) is 0 Å². The van der Waals surface area contributed by atoms with Crippen molar-refractivity contribution in [3.63, 3.8) is 0 Å². The monoisotopic (exact) mass is 517 g/mol. The van der Waals surface area contributed by atoms with Crippen molar-refractivity contribution < 1.29 is 33.4 Å². The van der Waals surface area contributed by atoms with Crippen molar-refractivity contribution in [3.05, 3.63) is 88.4 Å². The van der Waals surface area contributed by atoms with Crippen LogP contribution in [-0.2, 0) is 14.3 Å². The Morgan fingerprint density at radius 1 is 0.811 bits per heavy atom. The van der Waals surface area contributed by atoms with E-state index in [1.54, 1.807) is 48.5 Å². The van der Waals surface area contributed by atoms with Gasteiger partial charge < -0.3 is 14.2 Å². The molecule has 0 saturated carbocycles. The standard InChI is InChI=1S/C28H20ClNO7/c1-35-19-12-11-16(13-20(19)36-2)30-26(33)21-22(27(30)34)28(37-23(21)14-7-9-15(29)10-8-14)24(31)17-5-3-4-6-18(17)25(28)32/h3-13,21-23H,1-2H3/t21-,22+,23-/m1/s1. The highest BCUT2D eigenvalue weighted by Crippen LogP contribution is 2.58. The van der Waals surface area contributed by atoms with Gasteiger partial charge in [-0.2, -0.15) is 0 Å². The summed E-state index contributed by atoms with van der Waals surface area (Å²) < 4.78 is 16.9. The van der Waals surface area contributed by atoms with E-state index in [4.69, 9.17) is 25.8 Å². The van der Waals surface area contributed by atoms with Gasteiger partial charge in [0.15, 0.2) is 11.5 Å². The Kier molecular flexibility index (Phi) is 5.22. The van der Waals surface area contributed by atoms with Crippen LogP contribution in [0.15, 0.2) is 66.7 Å². The van der Waals surface area contributed by atoms with E-state index in [1.165, 1.54) is 32.4 Å². The summed E-state index contributed by atoms with van der Waals surface area (Å²) in [6.45, 7) is 0. The van der Waals surface area contributed by atoms with Crippen LogP contribution in [0.25, 0.3) is 0 Å². The maximum Gasteiger partial charge on any atom is 0.241 e. The largest absolute Gasteiger partial charge is 0.493 e. The van der Waals surface area contributed by atoms with E-state index in [0.29, 0.717) is 22.1 Å². The summed E-state index contributed by atoms with van der Waals surface area (Å²) in [6, 6.07) is 17.6. The van der Waals surface area contributed by atoms with Crippen molar-refractivity contribution in [2.75, 3.05) is 19.1 Å². The first-order chi connectivity index (χ1) is 17.8. The number of hydrogen-bond acceptors (Lipinski definition) is 7. The topological polar surface area (TPSA) is 99.2 Å². The molecule has 2 heterocycles. The number of carbonyl (C=O) groups is 4. The van der Waals surface area contributed by atoms with E-state index < -0.39 is 46.9 Å². The number of carbonyl (C=O) groups excluding carboxylic acids is 4. The first-order valence-corrected chi connectivity index (χ1v) is 11.9. The number of Topliss-reactive ketones (excluding diaryl/α,β-unsaturated/α-hetero) is 2. The minimum Gasteiger partial charge on any atom is -0.493 e. The zero-order valence-corrected chi connectivity index (χ0v) is 20.5. The van der Waals surface area contributed by atoms with E-state index in [2.05, 4.69) is 0 Å². The maximum absolute atomic E-state index is 14.0. The molecule has 37 heavy (non-hydrogen) atoms. The summed E-state index contributed by atoms with van der Waals surface area (Å²) in [4.78, 5) is 56.6. The average molecular weight is 518 g/mol. The van der Waals surface area contributed by atoms with Crippen molar-refractivity contribution in [1.82, 2.24) is 0 Å². The molecule has 3 atom stereocenters. The number of fused-ring (bicyclic) bond motifs is 3. The fraction of sp³-hybridized carbons (Fsp3) is 0.214. The van der Waals surface area contributed by atoms with Crippen molar-refractivity contribution in [2.45, 2.75) is 11.7 Å². The molecular formula is C28H20ClNO7. The van der Waals surface area contributed by atoms with Crippen LogP contribution in [0.4, 0.5) is 5.69 Å². The smallest absolute Gasteiger partial charge is 0.241 e. The van der Waals surface area contributed by atoms with Crippen LogP contribution in [0, 0.1) is 11.8 Å². The average Bonchev–Trinajstić information content (AvgIpc) is 3.48. The fourth-order valence-corrected chi connectivity index (χ4v) is 5.82. The number of anilines is 1. The van der Waals surface area contributed by atoms with Gasteiger partial charge in [-0.15, -0.1) is 0 Å². The Bertz CT molecular complexity index is 1460. The number of nitrogens with zero attached hydrogens (tertiary/aromatic N) is 1. The predicted molar refractivity (Wildman–Crippen MR) is 132 cm³/mol. The summed E-state index contributed by atoms with van der Waals surface area (Å²) in [7, 11) is 2.91. The van der Waals surface area contributed by atoms with Gasteiger partial charge in [0.25, 0.3) is 0 Å². The quantitative estimate of drug-likeness (QED) is 0.380. The molecule has 3 aliphatic rings. The van der Waals surface area contributed by atoms with Gasteiger partial charge in [0.2, 0.25) is 29.0 Å². The van der Waals surface area contributed by atoms with Crippen LogP contribution in [-0.4, -0.2) is 43.2 Å². The molecule has 1 spiro atoms. The maximum atomic E-state index is 14.0. The Labute approximate surface area is 216 Å². The van der Waals surface area contributed by atoms with Gasteiger partial charge in [-0.25, -0.2) is 4.90 Å². The number of imide groups is 1. The van der Waals surface area contributed by atoms with Crippen molar-refractivity contribution >= 4 is 40.7 Å². The molecule has 8 nitrogen and oxygen atoms in total. The zero-order chi connectivity index (χ0) is 26.1. The summed E-state index contributed by atoms with van der Waals surface area (Å²) in [5.74, 6) is -4.21. The van der Waals surface area contributed by atoms with Crippen LogP contribution < -0.4 is 14.4 Å². The highest BCUT2D eigenvalue weighted by molar-refractivity contribution is 6.37. The number of methoxy groups -OCH3 is 2. The molecule has 0 radical (unpaired) electrons. The van der Waals surface area contributed by atoms with Gasteiger partial charge in [-0.05, 0) is 29.8 Å². The molecule has 2 saturated heterocycles. The van der Waals surface area contributed by atoms with E-state index in [9.17, 15) is 19.2 Å². The lowest BCUT2D eigenvalue weighted by Crippen LogP contribution is -2.51. The first-order valence-electron chi connectivity index (χ1n) is 11.5. The molecule has 1 aliphatic carbocycles. The van der Waals surface area contributed by atoms with Gasteiger partial charge in [-0.1, -0.05) is 48.0 Å². The Hall–Kier alpha value is -4.01. The lowest BCUT2D eigenvalue weighted by Gasteiger charge is -2.27. The number of hydrogen-bond donors (Lipinski definition) is 0. The normalized spacial score (nSPS) is 23.5. The SMILES string of the molecule is COc1ccc(N2C(=O)[C@H]3[C@@H](c4ccc(Cl)cc4)OC4(C(=O)c5ccccc5C4=O)[C@@H]3C2=O)cc1OC. The second-order valence-electron chi connectivity index (χ2n) is 9.08. The summed E-state index contributed by atoms with van der Waals surface area (Å²) in [6.07, 6.45) is -1.02. The van der Waals surface area contributed by atoms with Crippen molar-refractivity contribution in [3.8, 4) is 11.5 Å². The molecule has 186 valence electrons. The molecule has 9 heteroatoms. The molecular weight excluding hydrogens is 498 g/mol. The minimum absolute atomic E-state index is 0.174. The van der Waals surface area contributed by atoms with E-state index >= 15 is 0 Å². The Balaban J connectivity index is 1.52. The third-order valence-electron chi connectivity index (χ3n) is 7.34. The lowest BCUT2D eigenvalue weighted by atomic mass is 9.77. The second-order valence-corrected chi connectivity index (χ2v) is 9.52. The highest BCUT2D eigenvalue weighted by atomic mass is 35.5. The van der Waals surface area contributed by atoms with Gasteiger partial charge in [-0.3, -0.25) is 19.2 Å². The number of halogens is 1. The molecule has 0 aromatic heterocycles. The third kappa shape index (κ3) is 3.06. The second kappa shape index (κ2) is 8.26. The molecule has 0 bridgehead atoms. The van der Waals surface area contributed by atoms with Crippen molar-refractivity contribution in [2.24, 2.45) is 11.8 Å². The first kappa shape index (κ1) is 23.4. The summed E-state index contributed by atoms with van der Waals surface area (Å²) in [5.41, 5.74) is -1.03. The molecule has 2 amide bonds. The molecule has 6 rings (SSSR count). The molecule has 3 aromatic carbocycles. The molecule has 2 fully saturated rings.